The number of H-pyrrole nitrogens is 1. The zero-order chi connectivity index (χ0) is 45.2. The van der Waals surface area contributed by atoms with Gasteiger partial charge in [0.2, 0.25) is 22.0 Å². The maximum Gasteiger partial charge on any atom is 0.297 e. The number of allylic oxidation sites excluding steroid dienone is 1. The van der Waals surface area contributed by atoms with Gasteiger partial charge in [0.15, 0.2) is 5.71 Å². The first kappa shape index (κ1) is 44.9. The largest absolute Gasteiger partial charge is 0.396 e. The molecule has 0 amide bonds. The van der Waals surface area contributed by atoms with Crippen LogP contribution in [0.4, 0.5) is 28.4 Å². The number of hydrazone groups is 1. The average molecular weight is 981 g/mol. The molecule has 0 aliphatic heterocycles. The molecular weight excluding hydrogens is 962 g/mol. The highest BCUT2D eigenvalue weighted by atomic mass is 35.5. The van der Waals surface area contributed by atoms with Crippen LogP contribution in [0.15, 0.2) is 99.4 Å². The lowest BCUT2D eigenvalue weighted by atomic mass is 9.92. The molecule has 1 aliphatic carbocycles. The Morgan fingerprint density at radius 2 is 1.36 bits per heavy atom. The zero-order valence-electron chi connectivity index (χ0n) is 29.1. The molecule has 6 rings (SSSR count). The molecule has 1 aromatic heterocycles. The standard InChI is InChI=1S/C29H19Cl2N9O16S5/c30-27-34-28(31)36-29(35-27)33-12-4-7-18(58(45,46)47)16(10-12)38-40-24-20(60(51,52)53)9-11-8-19(59(48,49)50)23(22(32)21(11)25(24)41)39-37-15-6-5-13-14(26(15)61(54,55)56)2-1-3-17(13)57(42,43)44/h1-10,38H,32H2,(H,42,43,44)(H,45,46,47)(H,48,49,50)(H,51,52,53)(H,54,55,56)(H,33,34,35,36)/b39-37?,40-24-. The van der Waals surface area contributed by atoms with E-state index in [1.165, 1.54) is 0 Å². The third kappa shape index (κ3) is 9.33. The van der Waals surface area contributed by atoms with Crippen molar-refractivity contribution in [3.8, 4) is 0 Å². The van der Waals surface area contributed by atoms with Crippen molar-refractivity contribution in [3.63, 3.8) is 0 Å². The Kier molecular flexibility index (Phi) is 11.5. The lowest BCUT2D eigenvalue weighted by Crippen LogP contribution is -2.28. The third-order valence-corrected chi connectivity index (χ3v) is 12.8. The molecule has 9 N–H and O–H groups in total. The van der Waals surface area contributed by atoms with Crippen molar-refractivity contribution in [2.45, 2.75) is 19.6 Å². The SMILES string of the molecule is Nc1c(N=Nc2ccc3c(S(=O)(=O)O)cccc3c2S(=O)(=O)O)c(S(=O)(=O)O)cc2c1C(=O)/C(=N\Nc1cc(N=c3nc(Cl)nc(Cl)[nH]3)ccc1S(=O)(=O)O)C(S(=O)(=O)O)=C2. The van der Waals surface area contributed by atoms with Gasteiger partial charge < -0.3 is 5.73 Å². The van der Waals surface area contributed by atoms with E-state index in [1.807, 2.05) is 0 Å². The summed E-state index contributed by atoms with van der Waals surface area (Å²) in [6, 6.07) is 7.78. The lowest BCUT2D eigenvalue weighted by Gasteiger charge is -2.20. The average Bonchev–Trinajstić information content (AvgIpc) is 3.10. The topological polar surface area (TPSA) is 418 Å². The first-order chi connectivity index (χ1) is 28.1. The highest BCUT2D eigenvalue weighted by Gasteiger charge is 2.37. The molecule has 0 bridgehead atoms. The minimum atomic E-state index is -5.51. The number of aromatic amines is 1. The first-order valence-corrected chi connectivity index (χ1v) is 23.4. The summed E-state index contributed by atoms with van der Waals surface area (Å²) in [6.45, 7) is 0. The van der Waals surface area contributed by atoms with Crippen molar-refractivity contribution < 1.29 is 69.6 Å². The number of carbonyl (C=O) groups excluding carboxylic acids is 1. The molecular formula is C29H19Cl2N9O16S5. The number of rotatable bonds is 10. The number of nitrogens with two attached hydrogens (primary N) is 1. The van der Waals surface area contributed by atoms with Crippen molar-refractivity contribution in [2.75, 3.05) is 11.2 Å². The number of ketones is 1. The maximum atomic E-state index is 14.0. The van der Waals surface area contributed by atoms with Crippen molar-refractivity contribution in [2.24, 2.45) is 20.3 Å². The van der Waals surface area contributed by atoms with Crippen LogP contribution in [0.5, 0.6) is 0 Å². The van der Waals surface area contributed by atoms with E-state index in [9.17, 15) is 69.6 Å². The van der Waals surface area contributed by atoms with E-state index in [2.05, 4.69) is 40.7 Å². The minimum absolute atomic E-state index is 0.164. The summed E-state index contributed by atoms with van der Waals surface area (Å²) in [5, 5.41) is 9.28. The van der Waals surface area contributed by atoms with E-state index in [1.54, 1.807) is 0 Å². The number of anilines is 2. The van der Waals surface area contributed by atoms with E-state index >= 15 is 0 Å². The smallest absolute Gasteiger partial charge is 0.297 e. The number of halogens is 2. The van der Waals surface area contributed by atoms with Crippen LogP contribution in [0.3, 0.4) is 0 Å². The number of hydrogen-bond donors (Lipinski definition) is 8. The van der Waals surface area contributed by atoms with Gasteiger partial charge in [-0.1, -0.05) is 18.2 Å². The second-order valence-electron chi connectivity index (χ2n) is 11.9. The summed E-state index contributed by atoms with van der Waals surface area (Å²) in [5.41, 5.74) is 1.37. The molecule has 0 saturated heterocycles. The van der Waals surface area contributed by atoms with Gasteiger partial charge in [-0.25, -0.2) is 4.99 Å². The summed E-state index contributed by atoms with van der Waals surface area (Å²) in [4.78, 5) is 22.4. The number of Topliss-reactive ketones (excluding diaryl/α,β-unsaturated/α-hetero) is 1. The second kappa shape index (κ2) is 15.7. The number of hydrogen-bond acceptors (Lipinski definition) is 19. The predicted octanol–water partition coefficient (Wildman–Crippen LogP) is 3.37. The molecule has 0 fully saturated rings. The molecule has 0 saturated carbocycles. The van der Waals surface area contributed by atoms with Gasteiger partial charge in [-0.3, -0.25) is 38.0 Å². The molecule has 4 aromatic carbocycles. The van der Waals surface area contributed by atoms with Crippen LogP contribution >= 0.6 is 23.2 Å². The molecule has 1 heterocycles. The Balaban J connectivity index is 1.54. The van der Waals surface area contributed by atoms with E-state index in [0.717, 1.165) is 48.5 Å². The fourth-order valence-corrected chi connectivity index (χ4v) is 9.46. The number of carbonyl (C=O) groups is 1. The number of nitrogens with zero attached hydrogens (tertiary/aromatic N) is 6. The number of aromatic nitrogens is 3. The third-order valence-electron chi connectivity index (χ3n) is 7.96. The van der Waals surface area contributed by atoms with Crippen molar-refractivity contribution >= 4 is 131 Å². The zero-order valence-corrected chi connectivity index (χ0v) is 34.7. The summed E-state index contributed by atoms with van der Waals surface area (Å²) in [5.74, 6) is -1.55. The van der Waals surface area contributed by atoms with Gasteiger partial charge in [-0.15, -0.1) is 10.2 Å². The molecule has 5 aromatic rings. The molecule has 320 valence electrons. The van der Waals surface area contributed by atoms with Crippen molar-refractivity contribution in [1.82, 2.24) is 15.0 Å². The van der Waals surface area contributed by atoms with Crippen LogP contribution in [-0.2, 0) is 50.6 Å². The second-order valence-corrected chi connectivity index (χ2v) is 19.5. The Morgan fingerprint density at radius 3 is 1.95 bits per heavy atom. The van der Waals surface area contributed by atoms with Gasteiger partial charge >= 0.3 is 0 Å². The number of nitrogen functional groups attached to an aromatic ring is 1. The van der Waals surface area contributed by atoms with Crippen LogP contribution in [0.2, 0.25) is 10.6 Å². The number of nitrogens with one attached hydrogen (secondary N) is 2. The van der Waals surface area contributed by atoms with E-state index < -0.39 is 131 Å². The van der Waals surface area contributed by atoms with Gasteiger partial charge in [0.05, 0.1) is 22.6 Å². The maximum absolute atomic E-state index is 14.0. The molecule has 0 spiro atoms. The van der Waals surface area contributed by atoms with Crippen LogP contribution in [0.1, 0.15) is 15.9 Å². The van der Waals surface area contributed by atoms with Crippen LogP contribution in [-0.4, -0.2) is 91.3 Å². The fourth-order valence-electron chi connectivity index (χ4n) is 5.60. The number of azo groups is 1. The Bertz CT molecular complexity index is 3520. The quantitative estimate of drug-likeness (QED) is 0.0430. The van der Waals surface area contributed by atoms with E-state index in [-0.39, 0.29) is 21.9 Å². The summed E-state index contributed by atoms with van der Waals surface area (Å²) in [7, 11) is -26.4. The summed E-state index contributed by atoms with van der Waals surface area (Å²) < 4.78 is 174. The minimum Gasteiger partial charge on any atom is -0.396 e. The normalized spacial score (nSPS) is 15.1. The predicted molar refractivity (Wildman–Crippen MR) is 211 cm³/mol. The highest BCUT2D eigenvalue weighted by molar-refractivity contribution is 7.91. The van der Waals surface area contributed by atoms with Crippen LogP contribution in [0, 0.1) is 0 Å². The Hall–Kier alpha value is -5.64. The fraction of sp³-hybridized carbons (Fsp3) is 0. The molecule has 0 atom stereocenters. The molecule has 0 radical (unpaired) electrons. The lowest BCUT2D eigenvalue weighted by molar-refractivity contribution is 0.106. The molecule has 25 nitrogen and oxygen atoms in total. The van der Waals surface area contributed by atoms with Crippen molar-refractivity contribution in [3.05, 3.63) is 86.8 Å². The Labute approximate surface area is 351 Å². The van der Waals surface area contributed by atoms with E-state index in [0.29, 0.717) is 12.1 Å². The molecule has 61 heavy (non-hydrogen) atoms. The van der Waals surface area contributed by atoms with E-state index in [4.69, 9.17) is 28.9 Å². The van der Waals surface area contributed by atoms with Gasteiger partial charge in [-0.2, -0.15) is 57.2 Å². The van der Waals surface area contributed by atoms with Gasteiger partial charge in [0.25, 0.3) is 50.6 Å². The monoisotopic (exact) mass is 979 g/mol. The number of benzene rings is 4. The summed E-state index contributed by atoms with van der Waals surface area (Å²) in [6.07, 6.45) is 0.471. The van der Waals surface area contributed by atoms with Crippen LogP contribution in [0.25, 0.3) is 16.8 Å². The van der Waals surface area contributed by atoms with Gasteiger partial charge in [-0.05, 0) is 71.2 Å². The first-order valence-electron chi connectivity index (χ1n) is 15.5. The van der Waals surface area contributed by atoms with Crippen molar-refractivity contribution in [1.29, 1.82) is 0 Å². The van der Waals surface area contributed by atoms with Gasteiger partial charge in [0, 0.05) is 10.8 Å². The van der Waals surface area contributed by atoms with Crippen LogP contribution < -0.4 is 16.8 Å². The Morgan fingerprint density at radius 1 is 0.705 bits per heavy atom. The summed E-state index contributed by atoms with van der Waals surface area (Å²) >= 11 is 11.6. The van der Waals surface area contributed by atoms with Gasteiger partial charge in [0.1, 0.15) is 35.9 Å². The molecule has 1 aliphatic rings. The number of fused-ring (bicyclic) bond motifs is 2. The molecule has 0 unspecified atom stereocenters. The molecule has 32 heteroatoms. The highest BCUT2D eigenvalue weighted by Crippen LogP contribution is 2.42.